The topological polar surface area (TPSA) is 21.3 Å². The molecule has 3 unspecified atom stereocenters. The Kier molecular flexibility index (Phi) is 4.25. The van der Waals surface area contributed by atoms with Crippen LogP contribution in [-0.2, 0) is 4.74 Å². The van der Waals surface area contributed by atoms with Gasteiger partial charge in [0.25, 0.3) is 0 Å². The molecular weight excluding hydrogens is 242 g/mol. The van der Waals surface area contributed by atoms with Crippen molar-refractivity contribution < 1.29 is 4.74 Å². The fourth-order valence-corrected chi connectivity index (χ4v) is 3.40. The van der Waals surface area contributed by atoms with E-state index < -0.39 is 0 Å². The molecule has 0 spiro atoms. The summed E-state index contributed by atoms with van der Waals surface area (Å²) in [6, 6.07) is 4.36. The molecule has 1 saturated heterocycles. The van der Waals surface area contributed by atoms with Crippen LogP contribution in [0.4, 0.5) is 0 Å². The molecule has 90 valence electrons. The standard InChI is InChI=1S/C12H18ClNOS/c1-3-14-12(9-5-4-8(2)15-9)10-6-7-11(13)16-10/h6-9,12,14H,3-5H2,1-2H3. The monoisotopic (exact) mass is 259 g/mol. The van der Waals surface area contributed by atoms with Crippen LogP contribution in [0.1, 0.15) is 37.6 Å². The van der Waals surface area contributed by atoms with E-state index in [2.05, 4.69) is 25.2 Å². The molecule has 4 heteroatoms. The van der Waals surface area contributed by atoms with Crippen molar-refractivity contribution in [2.75, 3.05) is 6.54 Å². The van der Waals surface area contributed by atoms with Crippen molar-refractivity contribution in [2.24, 2.45) is 0 Å². The van der Waals surface area contributed by atoms with Crippen molar-refractivity contribution in [1.29, 1.82) is 0 Å². The highest BCUT2D eigenvalue weighted by Gasteiger charge is 2.30. The molecule has 3 atom stereocenters. The molecule has 2 heterocycles. The van der Waals surface area contributed by atoms with E-state index in [-0.39, 0.29) is 0 Å². The zero-order valence-corrected chi connectivity index (χ0v) is 11.3. The third kappa shape index (κ3) is 2.77. The van der Waals surface area contributed by atoms with Gasteiger partial charge in [-0.3, -0.25) is 0 Å². The van der Waals surface area contributed by atoms with Gasteiger partial charge in [0.15, 0.2) is 0 Å². The molecule has 0 radical (unpaired) electrons. The van der Waals surface area contributed by atoms with Crippen molar-refractivity contribution in [1.82, 2.24) is 5.32 Å². The van der Waals surface area contributed by atoms with Crippen LogP contribution >= 0.6 is 22.9 Å². The van der Waals surface area contributed by atoms with Gasteiger partial charge in [-0.1, -0.05) is 18.5 Å². The van der Waals surface area contributed by atoms with Gasteiger partial charge in [0.2, 0.25) is 0 Å². The van der Waals surface area contributed by atoms with Gasteiger partial charge >= 0.3 is 0 Å². The molecule has 1 aromatic heterocycles. The van der Waals surface area contributed by atoms with E-state index in [0.29, 0.717) is 18.2 Å². The fraction of sp³-hybridized carbons (Fsp3) is 0.667. The van der Waals surface area contributed by atoms with Gasteiger partial charge < -0.3 is 10.1 Å². The summed E-state index contributed by atoms with van der Waals surface area (Å²) in [5.41, 5.74) is 0. The van der Waals surface area contributed by atoms with Crippen molar-refractivity contribution in [3.05, 3.63) is 21.3 Å². The summed E-state index contributed by atoms with van der Waals surface area (Å²) in [6.07, 6.45) is 2.98. The number of hydrogen-bond donors (Lipinski definition) is 1. The van der Waals surface area contributed by atoms with Crippen LogP contribution in [-0.4, -0.2) is 18.8 Å². The number of halogens is 1. The van der Waals surface area contributed by atoms with Gasteiger partial charge in [-0.05, 0) is 38.4 Å². The number of hydrogen-bond acceptors (Lipinski definition) is 3. The first-order valence-corrected chi connectivity index (χ1v) is 7.04. The summed E-state index contributed by atoms with van der Waals surface area (Å²) < 4.78 is 6.79. The Balaban J connectivity index is 2.10. The molecule has 2 nitrogen and oxygen atoms in total. The predicted molar refractivity (Wildman–Crippen MR) is 69.3 cm³/mol. The summed E-state index contributed by atoms with van der Waals surface area (Å²) in [4.78, 5) is 1.28. The highest BCUT2D eigenvalue weighted by atomic mass is 35.5. The fourth-order valence-electron chi connectivity index (χ4n) is 2.21. The molecule has 0 aliphatic carbocycles. The summed E-state index contributed by atoms with van der Waals surface area (Å²) in [5.74, 6) is 0. The molecule has 1 aliphatic rings. The SMILES string of the molecule is CCNC(c1ccc(Cl)s1)C1CCC(C)O1. The summed E-state index contributed by atoms with van der Waals surface area (Å²) in [6.45, 7) is 5.22. The zero-order chi connectivity index (χ0) is 11.5. The van der Waals surface area contributed by atoms with Gasteiger partial charge in [0.05, 0.1) is 22.6 Å². The highest BCUT2D eigenvalue weighted by molar-refractivity contribution is 7.16. The molecule has 16 heavy (non-hydrogen) atoms. The van der Waals surface area contributed by atoms with Gasteiger partial charge in [0, 0.05) is 4.88 Å². The summed E-state index contributed by atoms with van der Waals surface area (Å²) >= 11 is 7.64. The Morgan fingerprint density at radius 3 is 2.88 bits per heavy atom. The van der Waals surface area contributed by atoms with E-state index in [1.165, 1.54) is 4.88 Å². The smallest absolute Gasteiger partial charge is 0.0931 e. The molecule has 1 N–H and O–H groups in total. The molecule has 0 saturated carbocycles. The van der Waals surface area contributed by atoms with Crippen LogP contribution in [0.25, 0.3) is 0 Å². The molecule has 1 fully saturated rings. The third-order valence-electron chi connectivity index (χ3n) is 2.96. The van der Waals surface area contributed by atoms with Crippen LogP contribution in [0.15, 0.2) is 12.1 Å². The third-order valence-corrected chi connectivity index (χ3v) is 4.28. The predicted octanol–water partition coefficient (Wildman–Crippen LogP) is 3.62. The zero-order valence-electron chi connectivity index (χ0n) is 9.70. The van der Waals surface area contributed by atoms with Crippen LogP contribution in [0.5, 0.6) is 0 Å². The lowest BCUT2D eigenvalue weighted by Crippen LogP contribution is -2.31. The number of ether oxygens (including phenoxy) is 1. The van der Waals surface area contributed by atoms with Crippen LogP contribution in [0.3, 0.4) is 0 Å². The number of rotatable bonds is 4. The first-order chi connectivity index (χ1) is 7.70. The van der Waals surface area contributed by atoms with Crippen LogP contribution < -0.4 is 5.32 Å². The van der Waals surface area contributed by atoms with Crippen LogP contribution in [0, 0.1) is 0 Å². The molecule has 0 aromatic carbocycles. The minimum Gasteiger partial charge on any atom is -0.373 e. The largest absolute Gasteiger partial charge is 0.373 e. The molecule has 1 aliphatic heterocycles. The Labute approximate surface area is 106 Å². The van der Waals surface area contributed by atoms with Gasteiger partial charge in [-0.2, -0.15) is 0 Å². The van der Waals surface area contributed by atoms with Crippen molar-refractivity contribution in [3.63, 3.8) is 0 Å². The van der Waals surface area contributed by atoms with E-state index in [1.54, 1.807) is 11.3 Å². The van der Waals surface area contributed by atoms with E-state index >= 15 is 0 Å². The Morgan fingerprint density at radius 1 is 1.56 bits per heavy atom. The normalized spacial score (nSPS) is 27.2. The maximum absolute atomic E-state index is 5.99. The summed E-state index contributed by atoms with van der Waals surface area (Å²) in [7, 11) is 0. The average Bonchev–Trinajstić information content (AvgIpc) is 2.84. The second-order valence-electron chi connectivity index (χ2n) is 4.24. The lowest BCUT2D eigenvalue weighted by atomic mass is 10.1. The van der Waals surface area contributed by atoms with E-state index in [9.17, 15) is 0 Å². The first kappa shape index (κ1) is 12.4. The van der Waals surface area contributed by atoms with Crippen molar-refractivity contribution in [3.8, 4) is 0 Å². The highest BCUT2D eigenvalue weighted by Crippen LogP contribution is 2.34. The maximum atomic E-state index is 5.99. The van der Waals surface area contributed by atoms with Gasteiger partial charge in [0.1, 0.15) is 0 Å². The quantitative estimate of drug-likeness (QED) is 0.892. The van der Waals surface area contributed by atoms with Gasteiger partial charge in [-0.15, -0.1) is 11.3 Å². The number of nitrogens with one attached hydrogen (secondary N) is 1. The van der Waals surface area contributed by atoms with E-state index in [0.717, 1.165) is 23.7 Å². The number of likely N-dealkylation sites (N-methyl/N-ethyl adjacent to an activating group) is 1. The average molecular weight is 260 g/mol. The minimum absolute atomic E-state index is 0.296. The maximum Gasteiger partial charge on any atom is 0.0931 e. The molecule has 2 rings (SSSR count). The minimum atomic E-state index is 0.296. The number of thiophene rings is 1. The Bertz CT molecular complexity index is 342. The lowest BCUT2D eigenvalue weighted by Gasteiger charge is -2.23. The Morgan fingerprint density at radius 2 is 2.38 bits per heavy atom. The first-order valence-electron chi connectivity index (χ1n) is 5.84. The lowest BCUT2D eigenvalue weighted by molar-refractivity contribution is 0.0327. The molecule has 1 aromatic rings. The van der Waals surface area contributed by atoms with Gasteiger partial charge in [-0.25, -0.2) is 0 Å². The van der Waals surface area contributed by atoms with E-state index in [4.69, 9.17) is 16.3 Å². The second kappa shape index (κ2) is 5.50. The Hall–Kier alpha value is -0.0900. The van der Waals surface area contributed by atoms with Crippen molar-refractivity contribution >= 4 is 22.9 Å². The van der Waals surface area contributed by atoms with E-state index in [1.807, 2.05) is 6.07 Å². The summed E-state index contributed by atoms with van der Waals surface area (Å²) in [5, 5.41) is 3.50. The molecular formula is C12H18ClNOS. The molecule has 0 bridgehead atoms. The van der Waals surface area contributed by atoms with Crippen molar-refractivity contribution in [2.45, 2.75) is 44.9 Å². The van der Waals surface area contributed by atoms with Crippen LogP contribution in [0.2, 0.25) is 4.34 Å². The second-order valence-corrected chi connectivity index (χ2v) is 5.99. The molecule has 0 amide bonds.